The van der Waals surface area contributed by atoms with Crippen molar-refractivity contribution in [2.24, 2.45) is 5.92 Å². The number of rotatable bonds is 3. The summed E-state index contributed by atoms with van der Waals surface area (Å²) >= 11 is 0. The maximum Gasteiger partial charge on any atom is 0.217 e. The second kappa shape index (κ2) is 6.55. The van der Waals surface area contributed by atoms with Gasteiger partial charge in [0.05, 0.1) is 11.4 Å². The van der Waals surface area contributed by atoms with Gasteiger partial charge in [-0.15, -0.1) is 0 Å². The minimum Gasteiger partial charge on any atom is -0.393 e. The molecule has 0 aromatic carbocycles. The summed E-state index contributed by atoms with van der Waals surface area (Å²) < 4.78 is 27.9. The molecule has 3 aliphatic rings. The Morgan fingerprint density at radius 3 is 2.19 bits per heavy atom. The van der Waals surface area contributed by atoms with E-state index in [-0.39, 0.29) is 23.3 Å². The molecule has 1 heterocycles. The van der Waals surface area contributed by atoms with E-state index in [1.165, 1.54) is 6.42 Å². The number of aliphatic hydroxyl groups is 1. The molecule has 0 amide bonds. The summed E-state index contributed by atoms with van der Waals surface area (Å²) in [7, 11) is -3.17. The molecule has 0 spiro atoms. The molecule has 2 aliphatic carbocycles. The van der Waals surface area contributed by atoms with E-state index in [0.29, 0.717) is 6.54 Å². The lowest BCUT2D eigenvalue weighted by atomic mass is 9.89. The van der Waals surface area contributed by atoms with Crippen molar-refractivity contribution < 1.29 is 13.5 Å². The van der Waals surface area contributed by atoms with Gasteiger partial charge in [0, 0.05) is 18.5 Å². The van der Waals surface area contributed by atoms with Crippen LogP contribution in [-0.2, 0) is 10.0 Å². The molecule has 0 aromatic heterocycles. The third kappa shape index (κ3) is 3.15. The van der Waals surface area contributed by atoms with Crippen LogP contribution in [0.4, 0.5) is 0 Å². The monoisotopic (exact) mass is 315 g/mol. The Morgan fingerprint density at radius 2 is 1.52 bits per heavy atom. The topological polar surface area (TPSA) is 57.6 Å². The summed E-state index contributed by atoms with van der Waals surface area (Å²) in [4.78, 5) is 0. The van der Waals surface area contributed by atoms with Gasteiger partial charge in [0.1, 0.15) is 0 Å². The van der Waals surface area contributed by atoms with Gasteiger partial charge in [0.15, 0.2) is 0 Å². The highest BCUT2D eigenvalue weighted by Gasteiger charge is 2.44. The number of piperidine rings is 1. The van der Waals surface area contributed by atoms with Crippen LogP contribution in [0.25, 0.3) is 0 Å². The molecule has 122 valence electrons. The highest BCUT2D eigenvalue weighted by molar-refractivity contribution is 7.89. The molecule has 1 aliphatic heterocycles. The van der Waals surface area contributed by atoms with Gasteiger partial charge < -0.3 is 5.11 Å². The molecular formula is C16H29NO3S. The first-order chi connectivity index (χ1) is 10.1. The molecule has 3 atom stereocenters. The Kier molecular flexibility index (Phi) is 4.91. The molecular weight excluding hydrogens is 286 g/mol. The Bertz CT molecular complexity index is 444. The van der Waals surface area contributed by atoms with Crippen LogP contribution in [-0.4, -0.2) is 41.8 Å². The number of sulfonamides is 1. The first-order valence-electron chi connectivity index (χ1n) is 8.79. The summed E-state index contributed by atoms with van der Waals surface area (Å²) in [6.45, 7) is 0.673. The molecule has 1 N–H and O–H groups in total. The molecule has 5 heteroatoms. The second-order valence-electron chi connectivity index (χ2n) is 7.14. The summed E-state index contributed by atoms with van der Waals surface area (Å²) in [6, 6.07) is 0.0585. The van der Waals surface area contributed by atoms with Gasteiger partial charge in [-0.2, -0.15) is 4.31 Å². The lowest BCUT2D eigenvalue weighted by molar-refractivity contribution is 0.0717. The summed E-state index contributed by atoms with van der Waals surface area (Å²) in [5.41, 5.74) is 0. The largest absolute Gasteiger partial charge is 0.393 e. The summed E-state index contributed by atoms with van der Waals surface area (Å²) in [6.07, 6.45) is 10.5. The van der Waals surface area contributed by atoms with Crippen LogP contribution in [0, 0.1) is 5.92 Å². The lowest BCUT2D eigenvalue weighted by Crippen LogP contribution is -2.52. The fourth-order valence-corrected chi connectivity index (χ4v) is 6.98. The van der Waals surface area contributed by atoms with Gasteiger partial charge >= 0.3 is 0 Å². The van der Waals surface area contributed by atoms with E-state index in [1.54, 1.807) is 0 Å². The molecule has 1 saturated heterocycles. The van der Waals surface area contributed by atoms with Crippen LogP contribution < -0.4 is 0 Å². The molecule has 0 aromatic rings. The zero-order valence-electron chi connectivity index (χ0n) is 12.9. The molecule has 0 bridgehead atoms. The zero-order valence-corrected chi connectivity index (χ0v) is 13.7. The maximum atomic E-state index is 13.1. The average Bonchev–Trinajstić information content (AvgIpc) is 2.94. The van der Waals surface area contributed by atoms with E-state index in [9.17, 15) is 13.5 Å². The van der Waals surface area contributed by atoms with Crippen molar-refractivity contribution in [3.8, 4) is 0 Å². The van der Waals surface area contributed by atoms with Crippen LogP contribution in [0.1, 0.15) is 70.6 Å². The van der Waals surface area contributed by atoms with E-state index >= 15 is 0 Å². The Labute approximate surface area is 129 Å². The fraction of sp³-hybridized carbons (Fsp3) is 1.00. The number of hydrogen-bond donors (Lipinski definition) is 1. The lowest BCUT2D eigenvalue weighted by Gasteiger charge is -2.41. The highest BCUT2D eigenvalue weighted by Crippen LogP contribution is 2.38. The highest BCUT2D eigenvalue weighted by atomic mass is 32.2. The molecule has 21 heavy (non-hydrogen) atoms. The molecule has 3 unspecified atom stereocenters. The van der Waals surface area contributed by atoms with Crippen LogP contribution in [0.15, 0.2) is 0 Å². The van der Waals surface area contributed by atoms with Gasteiger partial charge in [0.2, 0.25) is 10.0 Å². The van der Waals surface area contributed by atoms with Gasteiger partial charge in [0.25, 0.3) is 0 Å². The third-order valence-corrected chi connectivity index (χ3v) is 8.25. The first kappa shape index (κ1) is 15.8. The second-order valence-corrected chi connectivity index (χ2v) is 9.31. The van der Waals surface area contributed by atoms with Gasteiger partial charge in [-0.05, 0) is 38.5 Å². The van der Waals surface area contributed by atoms with E-state index in [1.807, 2.05) is 4.31 Å². The SMILES string of the molecule is O=S(=O)(C1CCCCC1)N1CCCCC1C1CCCC1O. The quantitative estimate of drug-likeness (QED) is 0.871. The van der Waals surface area contributed by atoms with Crippen molar-refractivity contribution in [2.75, 3.05) is 6.54 Å². The van der Waals surface area contributed by atoms with Crippen molar-refractivity contribution in [1.82, 2.24) is 4.31 Å². The van der Waals surface area contributed by atoms with E-state index in [0.717, 1.165) is 64.2 Å². The smallest absolute Gasteiger partial charge is 0.217 e. The minimum absolute atomic E-state index is 0.0585. The normalized spacial score (nSPS) is 36.9. The number of aliphatic hydroxyl groups excluding tert-OH is 1. The van der Waals surface area contributed by atoms with Crippen LogP contribution in [0.2, 0.25) is 0 Å². The van der Waals surface area contributed by atoms with Gasteiger partial charge in [-0.1, -0.05) is 32.1 Å². The van der Waals surface area contributed by atoms with E-state index < -0.39 is 10.0 Å². The first-order valence-corrected chi connectivity index (χ1v) is 10.3. The molecule has 3 rings (SSSR count). The van der Waals surface area contributed by atoms with E-state index in [4.69, 9.17) is 0 Å². The third-order valence-electron chi connectivity index (χ3n) is 5.82. The predicted molar refractivity (Wildman–Crippen MR) is 83.5 cm³/mol. The number of nitrogens with zero attached hydrogens (tertiary/aromatic N) is 1. The predicted octanol–water partition coefficient (Wildman–Crippen LogP) is 2.66. The Hall–Kier alpha value is -0.130. The van der Waals surface area contributed by atoms with Gasteiger partial charge in [-0.25, -0.2) is 8.42 Å². The van der Waals surface area contributed by atoms with Crippen LogP contribution in [0.5, 0.6) is 0 Å². The van der Waals surface area contributed by atoms with Crippen molar-refractivity contribution in [3.63, 3.8) is 0 Å². The molecule has 2 saturated carbocycles. The van der Waals surface area contributed by atoms with Crippen molar-refractivity contribution in [1.29, 1.82) is 0 Å². The molecule has 4 nitrogen and oxygen atoms in total. The molecule has 0 radical (unpaired) electrons. The zero-order chi connectivity index (χ0) is 14.9. The standard InChI is InChI=1S/C16H29NO3S/c18-16-11-6-9-14(16)15-10-4-5-12-17(15)21(19,20)13-7-2-1-3-8-13/h13-16,18H,1-12H2. The van der Waals surface area contributed by atoms with Crippen molar-refractivity contribution in [2.45, 2.75) is 88.0 Å². The Balaban J connectivity index is 1.79. The summed E-state index contributed by atoms with van der Waals surface area (Å²) in [5, 5.41) is 10.1. The number of hydrogen-bond acceptors (Lipinski definition) is 3. The average molecular weight is 315 g/mol. The van der Waals surface area contributed by atoms with Gasteiger partial charge in [-0.3, -0.25) is 0 Å². The van der Waals surface area contributed by atoms with Crippen LogP contribution in [0.3, 0.4) is 0 Å². The minimum atomic E-state index is -3.17. The summed E-state index contributed by atoms with van der Waals surface area (Å²) in [5.74, 6) is 0.170. The fourth-order valence-electron chi connectivity index (χ4n) is 4.65. The maximum absolute atomic E-state index is 13.1. The van der Waals surface area contributed by atoms with Crippen molar-refractivity contribution >= 4 is 10.0 Å². The van der Waals surface area contributed by atoms with E-state index in [2.05, 4.69) is 0 Å². The van der Waals surface area contributed by atoms with Crippen LogP contribution >= 0.6 is 0 Å². The van der Waals surface area contributed by atoms with Crippen molar-refractivity contribution in [3.05, 3.63) is 0 Å². The Morgan fingerprint density at radius 1 is 0.810 bits per heavy atom. The molecule has 3 fully saturated rings.